The van der Waals surface area contributed by atoms with Crippen molar-refractivity contribution >= 4 is 0 Å². The first kappa shape index (κ1) is 13.0. The molecule has 0 bridgehead atoms. The van der Waals surface area contributed by atoms with Gasteiger partial charge in [-0.2, -0.15) is 4.98 Å². The van der Waals surface area contributed by atoms with Gasteiger partial charge in [0, 0.05) is 32.0 Å². The SMILES string of the molecule is CO[C@@H]1C[C@@H](c2ncc[nH]2)N(Cc2nc(C3CC3)no2)C1. The fraction of sp³-hybridized carbons (Fsp3) is 0.643. The second-order valence-electron chi connectivity index (χ2n) is 5.83. The first-order chi connectivity index (χ1) is 10.3. The average Bonchev–Trinajstić information content (AvgIpc) is 2.95. The van der Waals surface area contributed by atoms with Crippen LogP contribution in [0.2, 0.25) is 0 Å². The minimum absolute atomic E-state index is 0.209. The second-order valence-corrected chi connectivity index (χ2v) is 5.83. The van der Waals surface area contributed by atoms with Gasteiger partial charge in [0.15, 0.2) is 5.82 Å². The Morgan fingerprint density at radius 3 is 3.10 bits per heavy atom. The highest BCUT2D eigenvalue weighted by Gasteiger charge is 2.36. The summed E-state index contributed by atoms with van der Waals surface area (Å²) in [6, 6.07) is 0.209. The maximum Gasteiger partial charge on any atom is 0.240 e. The van der Waals surface area contributed by atoms with E-state index in [0.29, 0.717) is 18.4 Å². The van der Waals surface area contributed by atoms with E-state index in [0.717, 1.165) is 24.6 Å². The van der Waals surface area contributed by atoms with Crippen molar-refractivity contribution in [3.8, 4) is 0 Å². The fourth-order valence-electron chi connectivity index (χ4n) is 2.96. The molecule has 1 aliphatic heterocycles. The molecule has 2 aliphatic rings. The highest BCUT2D eigenvalue weighted by molar-refractivity contribution is 5.05. The summed E-state index contributed by atoms with van der Waals surface area (Å²) in [6.07, 6.45) is 7.14. The van der Waals surface area contributed by atoms with Crippen molar-refractivity contribution in [2.24, 2.45) is 0 Å². The number of aromatic nitrogens is 4. The van der Waals surface area contributed by atoms with Gasteiger partial charge < -0.3 is 14.2 Å². The molecule has 1 aliphatic carbocycles. The largest absolute Gasteiger partial charge is 0.380 e. The maximum atomic E-state index is 5.51. The predicted octanol–water partition coefficient (Wildman–Crippen LogP) is 1.63. The Hall–Kier alpha value is -1.73. The van der Waals surface area contributed by atoms with E-state index in [1.807, 2.05) is 6.20 Å². The van der Waals surface area contributed by atoms with Crippen molar-refractivity contribution in [2.75, 3.05) is 13.7 Å². The highest BCUT2D eigenvalue weighted by Crippen LogP contribution is 2.38. The molecule has 2 aromatic heterocycles. The van der Waals surface area contributed by atoms with Gasteiger partial charge in [0.25, 0.3) is 0 Å². The molecule has 7 nitrogen and oxygen atoms in total. The molecule has 7 heteroatoms. The minimum Gasteiger partial charge on any atom is -0.380 e. The zero-order valence-corrected chi connectivity index (χ0v) is 12.0. The monoisotopic (exact) mass is 289 g/mol. The van der Waals surface area contributed by atoms with Crippen LogP contribution in [0.25, 0.3) is 0 Å². The average molecular weight is 289 g/mol. The Balaban J connectivity index is 1.50. The first-order valence-corrected chi connectivity index (χ1v) is 7.42. The number of ether oxygens (including phenoxy) is 1. The first-order valence-electron chi connectivity index (χ1n) is 7.42. The number of rotatable bonds is 5. The Kier molecular flexibility index (Phi) is 3.23. The third kappa shape index (κ3) is 2.58. The summed E-state index contributed by atoms with van der Waals surface area (Å²) in [7, 11) is 1.76. The molecule has 3 heterocycles. The lowest BCUT2D eigenvalue weighted by Crippen LogP contribution is -2.25. The molecule has 1 saturated heterocycles. The van der Waals surface area contributed by atoms with E-state index in [2.05, 4.69) is 25.0 Å². The molecule has 1 N–H and O–H groups in total. The Morgan fingerprint density at radius 1 is 1.48 bits per heavy atom. The van der Waals surface area contributed by atoms with E-state index < -0.39 is 0 Å². The van der Waals surface area contributed by atoms with Gasteiger partial charge in [0.1, 0.15) is 5.82 Å². The van der Waals surface area contributed by atoms with Gasteiger partial charge in [-0.25, -0.2) is 4.98 Å². The van der Waals surface area contributed by atoms with Crippen LogP contribution in [-0.2, 0) is 11.3 Å². The third-order valence-electron chi connectivity index (χ3n) is 4.30. The lowest BCUT2D eigenvalue weighted by molar-refractivity contribution is 0.105. The quantitative estimate of drug-likeness (QED) is 0.901. The lowest BCUT2D eigenvalue weighted by Gasteiger charge is -2.20. The summed E-state index contributed by atoms with van der Waals surface area (Å²) in [5, 5.41) is 4.08. The number of nitrogens with zero attached hydrogens (tertiary/aromatic N) is 4. The van der Waals surface area contributed by atoms with Gasteiger partial charge in [-0.3, -0.25) is 4.90 Å². The van der Waals surface area contributed by atoms with E-state index in [-0.39, 0.29) is 12.1 Å². The van der Waals surface area contributed by atoms with Gasteiger partial charge in [-0.05, 0) is 19.3 Å². The molecule has 0 aromatic carbocycles. The predicted molar refractivity (Wildman–Crippen MR) is 73.4 cm³/mol. The zero-order chi connectivity index (χ0) is 14.2. The van der Waals surface area contributed by atoms with Crippen LogP contribution >= 0.6 is 0 Å². The van der Waals surface area contributed by atoms with Gasteiger partial charge in [-0.1, -0.05) is 5.16 Å². The molecular formula is C14H19N5O2. The number of likely N-dealkylation sites (tertiary alicyclic amines) is 1. The van der Waals surface area contributed by atoms with Gasteiger partial charge in [0.05, 0.1) is 18.7 Å². The molecular weight excluding hydrogens is 270 g/mol. The topological polar surface area (TPSA) is 80.1 Å². The van der Waals surface area contributed by atoms with Crippen molar-refractivity contribution in [2.45, 2.75) is 43.9 Å². The number of imidazole rings is 1. The lowest BCUT2D eigenvalue weighted by atomic mass is 10.2. The van der Waals surface area contributed by atoms with Crippen LogP contribution in [0.5, 0.6) is 0 Å². The van der Waals surface area contributed by atoms with E-state index in [1.54, 1.807) is 13.3 Å². The normalized spacial score (nSPS) is 26.5. The van der Waals surface area contributed by atoms with Crippen LogP contribution in [0, 0.1) is 0 Å². The van der Waals surface area contributed by atoms with Crippen molar-refractivity contribution in [1.82, 2.24) is 25.0 Å². The molecule has 21 heavy (non-hydrogen) atoms. The van der Waals surface area contributed by atoms with E-state index in [9.17, 15) is 0 Å². The van der Waals surface area contributed by atoms with Crippen LogP contribution in [0.3, 0.4) is 0 Å². The van der Waals surface area contributed by atoms with E-state index in [4.69, 9.17) is 9.26 Å². The second kappa shape index (κ2) is 5.23. The Labute approximate surface area is 122 Å². The standard InChI is InChI=1S/C14H19N5O2/c1-20-10-6-11(14-15-4-5-16-14)19(7-10)8-12-17-13(18-21-12)9-2-3-9/h4-5,9-11H,2-3,6-8H2,1H3,(H,15,16)/t10-,11+/m1/s1. The molecule has 112 valence electrons. The van der Waals surface area contributed by atoms with E-state index in [1.165, 1.54) is 12.8 Å². The molecule has 2 aromatic rings. The number of H-pyrrole nitrogens is 1. The zero-order valence-electron chi connectivity index (χ0n) is 12.0. The smallest absolute Gasteiger partial charge is 0.240 e. The molecule has 1 saturated carbocycles. The summed E-state index contributed by atoms with van der Waals surface area (Å²) in [4.78, 5) is 14.4. The summed E-state index contributed by atoms with van der Waals surface area (Å²) in [5.74, 6) is 3.04. The minimum atomic E-state index is 0.209. The molecule has 0 radical (unpaired) electrons. The van der Waals surface area contributed by atoms with Crippen molar-refractivity contribution < 1.29 is 9.26 Å². The van der Waals surface area contributed by atoms with Crippen LogP contribution in [0.1, 0.15) is 48.8 Å². The third-order valence-corrected chi connectivity index (χ3v) is 4.30. The van der Waals surface area contributed by atoms with Crippen LogP contribution in [0.4, 0.5) is 0 Å². The Bertz CT molecular complexity index is 592. The maximum absolute atomic E-state index is 5.51. The summed E-state index contributed by atoms with van der Waals surface area (Å²) in [5.41, 5.74) is 0. The molecule has 0 unspecified atom stereocenters. The molecule has 2 atom stereocenters. The number of nitrogens with one attached hydrogen (secondary N) is 1. The van der Waals surface area contributed by atoms with Gasteiger partial charge >= 0.3 is 0 Å². The molecule has 2 fully saturated rings. The van der Waals surface area contributed by atoms with Crippen LogP contribution in [-0.4, -0.2) is 44.8 Å². The summed E-state index contributed by atoms with van der Waals surface area (Å²) in [6.45, 7) is 1.49. The fourth-order valence-corrected chi connectivity index (χ4v) is 2.96. The van der Waals surface area contributed by atoms with Crippen molar-refractivity contribution in [3.63, 3.8) is 0 Å². The molecule has 0 amide bonds. The number of aromatic amines is 1. The van der Waals surface area contributed by atoms with Gasteiger partial charge in [0.2, 0.25) is 5.89 Å². The number of hydrogen-bond acceptors (Lipinski definition) is 6. The van der Waals surface area contributed by atoms with Crippen LogP contribution < -0.4 is 0 Å². The highest BCUT2D eigenvalue weighted by atomic mass is 16.5. The summed E-state index contributed by atoms with van der Waals surface area (Å²) < 4.78 is 10.9. The van der Waals surface area contributed by atoms with Crippen LogP contribution in [0.15, 0.2) is 16.9 Å². The van der Waals surface area contributed by atoms with Crippen molar-refractivity contribution in [3.05, 3.63) is 29.9 Å². The van der Waals surface area contributed by atoms with E-state index >= 15 is 0 Å². The summed E-state index contributed by atoms with van der Waals surface area (Å²) >= 11 is 0. The number of hydrogen-bond donors (Lipinski definition) is 1. The van der Waals surface area contributed by atoms with Gasteiger partial charge in [-0.15, -0.1) is 0 Å². The Morgan fingerprint density at radius 2 is 2.38 bits per heavy atom. The molecule has 4 rings (SSSR count). The van der Waals surface area contributed by atoms with Crippen molar-refractivity contribution in [1.29, 1.82) is 0 Å². The number of methoxy groups -OCH3 is 1. The molecule has 0 spiro atoms.